The van der Waals surface area contributed by atoms with Gasteiger partial charge in [-0.05, 0) is 66.8 Å². The summed E-state index contributed by atoms with van der Waals surface area (Å²) >= 11 is 1.46. The van der Waals surface area contributed by atoms with Crippen molar-refractivity contribution in [2.24, 2.45) is 5.92 Å². The largest absolute Gasteiger partial charge is 0.360 e. The lowest BCUT2D eigenvalue weighted by Crippen LogP contribution is -2.23. The summed E-state index contributed by atoms with van der Waals surface area (Å²) in [6, 6.07) is 16.9. The molecule has 1 fully saturated rings. The second-order valence-electron chi connectivity index (χ2n) is 9.21. The molecule has 2 heterocycles. The van der Waals surface area contributed by atoms with Crippen molar-refractivity contribution in [3.8, 4) is 11.1 Å². The summed E-state index contributed by atoms with van der Waals surface area (Å²) in [6.45, 7) is 1.94. The Balaban J connectivity index is 1.25. The molecule has 36 heavy (non-hydrogen) atoms. The van der Waals surface area contributed by atoms with E-state index in [0.29, 0.717) is 16.3 Å². The monoisotopic (exact) mass is 498 g/mol. The van der Waals surface area contributed by atoms with Crippen LogP contribution in [0.15, 0.2) is 60.8 Å². The number of thiazole rings is 1. The summed E-state index contributed by atoms with van der Waals surface area (Å²) < 4.78 is 15.1. The maximum Gasteiger partial charge on any atom is 0.253 e. The molecule has 0 aliphatic heterocycles. The minimum absolute atomic E-state index is 0.0445. The van der Waals surface area contributed by atoms with Gasteiger partial charge in [0.1, 0.15) is 5.82 Å². The first-order valence-corrected chi connectivity index (χ1v) is 12.6. The van der Waals surface area contributed by atoms with Gasteiger partial charge in [-0.3, -0.25) is 9.59 Å². The highest BCUT2D eigenvalue weighted by molar-refractivity contribution is 7.22. The highest BCUT2D eigenvalue weighted by Gasteiger charge is 2.30. The lowest BCUT2D eigenvalue weighted by atomic mass is 10.0. The Morgan fingerprint density at radius 2 is 1.89 bits per heavy atom. The van der Waals surface area contributed by atoms with Crippen molar-refractivity contribution in [3.05, 3.63) is 83.3 Å². The van der Waals surface area contributed by atoms with Crippen LogP contribution in [0.25, 0.3) is 32.2 Å². The van der Waals surface area contributed by atoms with Gasteiger partial charge in [-0.2, -0.15) is 0 Å². The number of hydrogen-bond acceptors (Lipinski definition) is 4. The van der Waals surface area contributed by atoms with Gasteiger partial charge in [0.25, 0.3) is 5.91 Å². The number of aryl methyl sites for hydroxylation is 1. The number of amides is 2. The van der Waals surface area contributed by atoms with Crippen molar-refractivity contribution in [2.75, 3.05) is 5.32 Å². The van der Waals surface area contributed by atoms with Gasteiger partial charge in [-0.25, -0.2) is 9.37 Å². The molecule has 1 aliphatic rings. The van der Waals surface area contributed by atoms with Crippen molar-refractivity contribution in [1.29, 1.82) is 0 Å². The molecule has 1 saturated carbocycles. The van der Waals surface area contributed by atoms with Crippen molar-refractivity contribution < 1.29 is 14.0 Å². The minimum Gasteiger partial charge on any atom is -0.360 e. The lowest BCUT2D eigenvalue weighted by Gasteiger charge is -2.07. The van der Waals surface area contributed by atoms with E-state index in [-0.39, 0.29) is 30.1 Å². The number of anilines is 1. The zero-order valence-electron chi connectivity index (χ0n) is 19.5. The predicted octanol–water partition coefficient (Wildman–Crippen LogP) is 6.17. The fourth-order valence-electron chi connectivity index (χ4n) is 4.27. The molecule has 2 amide bonds. The molecule has 3 N–H and O–H groups in total. The molecule has 1 aliphatic carbocycles. The predicted molar refractivity (Wildman–Crippen MR) is 141 cm³/mol. The van der Waals surface area contributed by atoms with Crippen LogP contribution in [0.4, 0.5) is 9.52 Å². The summed E-state index contributed by atoms with van der Waals surface area (Å²) in [6.07, 6.45) is 3.58. The number of halogens is 1. The van der Waals surface area contributed by atoms with E-state index in [1.807, 2.05) is 49.4 Å². The Morgan fingerprint density at radius 3 is 2.69 bits per heavy atom. The molecule has 6 rings (SSSR count). The fourth-order valence-corrected chi connectivity index (χ4v) is 5.17. The summed E-state index contributed by atoms with van der Waals surface area (Å²) in [5, 5.41) is 7.15. The molecule has 3 aromatic carbocycles. The van der Waals surface area contributed by atoms with Crippen LogP contribution in [0.2, 0.25) is 0 Å². The van der Waals surface area contributed by atoms with E-state index in [1.54, 1.807) is 12.3 Å². The Kier molecular flexibility index (Phi) is 5.53. The Morgan fingerprint density at radius 1 is 1.08 bits per heavy atom. The van der Waals surface area contributed by atoms with E-state index in [9.17, 15) is 14.0 Å². The van der Waals surface area contributed by atoms with Gasteiger partial charge in [-0.1, -0.05) is 35.6 Å². The smallest absolute Gasteiger partial charge is 0.253 e. The number of rotatable bonds is 6. The number of aromatic amines is 1. The van der Waals surface area contributed by atoms with Crippen molar-refractivity contribution >= 4 is 49.4 Å². The lowest BCUT2D eigenvalue weighted by molar-refractivity contribution is -0.117. The second kappa shape index (κ2) is 8.87. The highest BCUT2D eigenvalue weighted by Crippen LogP contribution is 2.34. The Labute approximate surface area is 210 Å². The molecule has 0 saturated heterocycles. The van der Waals surface area contributed by atoms with E-state index in [2.05, 4.69) is 20.6 Å². The molecule has 0 radical (unpaired) electrons. The zero-order valence-corrected chi connectivity index (χ0v) is 20.3. The first-order valence-electron chi connectivity index (χ1n) is 11.8. The summed E-state index contributed by atoms with van der Waals surface area (Å²) in [5.74, 6) is -0.427. The van der Waals surface area contributed by atoms with Gasteiger partial charge in [0.15, 0.2) is 5.13 Å². The molecule has 5 aromatic rings. The van der Waals surface area contributed by atoms with Gasteiger partial charge in [-0.15, -0.1) is 0 Å². The van der Waals surface area contributed by atoms with Crippen LogP contribution in [0.3, 0.4) is 0 Å². The van der Waals surface area contributed by atoms with Gasteiger partial charge in [0.05, 0.1) is 15.8 Å². The molecular weight excluding hydrogens is 475 g/mol. The molecule has 2 aromatic heterocycles. The van der Waals surface area contributed by atoms with Gasteiger partial charge < -0.3 is 15.6 Å². The maximum absolute atomic E-state index is 14.2. The number of aromatic nitrogens is 2. The second-order valence-corrected chi connectivity index (χ2v) is 10.2. The van der Waals surface area contributed by atoms with Crippen LogP contribution < -0.4 is 10.6 Å². The fraction of sp³-hybridized carbons (Fsp3) is 0.179. The average molecular weight is 499 g/mol. The molecule has 8 heteroatoms. The third kappa shape index (κ3) is 4.35. The third-order valence-electron chi connectivity index (χ3n) is 6.47. The van der Waals surface area contributed by atoms with Gasteiger partial charge in [0.2, 0.25) is 5.91 Å². The van der Waals surface area contributed by atoms with Crippen molar-refractivity contribution in [1.82, 2.24) is 15.3 Å². The number of benzene rings is 3. The number of fused-ring (bicyclic) bond motifs is 2. The first kappa shape index (κ1) is 22.4. The van der Waals surface area contributed by atoms with E-state index < -0.39 is 0 Å². The molecule has 0 spiro atoms. The Hall–Kier alpha value is -4.04. The molecule has 0 atom stereocenters. The van der Waals surface area contributed by atoms with E-state index in [0.717, 1.165) is 50.7 Å². The van der Waals surface area contributed by atoms with Crippen LogP contribution in [-0.4, -0.2) is 21.8 Å². The first-order chi connectivity index (χ1) is 17.4. The molecular formula is C28H23FN4O2S. The van der Waals surface area contributed by atoms with Gasteiger partial charge >= 0.3 is 0 Å². The minimum atomic E-state index is -0.328. The number of carbonyl (C=O) groups is 2. The quantitative estimate of drug-likeness (QED) is 0.262. The third-order valence-corrected chi connectivity index (χ3v) is 7.41. The van der Waals surface area contributed by atoms with Crippen molar-refractivity contribution in [2.45, 2.75) is 26.3 Å². The number of H-pyrrole nitrogens is 1. The number of carbonyl (C=O) groups excluding carboxylic acids is 2. The van der Waals surface area contributed by atoms with E-state index in [4.69, 9.17) is 0 Å². The molecule has 0 bridgehead atoms. The maximum atomic E-state index is 14.2. The van der Waals surface area contributed by atoms with Crippen LogP contribution in [-0.2, 0) is 11.3 Å². The average Bonchev–Trinajstić information content (AvgIpc) is 3.51. The SMILES string of the molecule is Cc1ccc(CNC(=O)c2c[nH]c3ccc(-c4ccc5nc(NC(=O)C6CC6)sc5c4)cc23)c(F)c1. The van der Waals surface area contributed by atoms with E-state index in [1.165, 1.54) is 17.4 Å². The van der Waals surface area contributed by atoms with Crippen LogP contribution in [0.1, 0.15) is 34.3 Å². The van der Waals surface area contributed by atoms with Gasteiger partial charge in [0, 0.05) is 35.1 Å². The normalized spacial score (nSPS) is 13.3. The standard InChI is InChI=1S/C28H23FN4O2S/c1-15-2-3-19(22(29)10-15)13-31-27(35)21-14-30-23-8-6-17(11-20(21)23)18-7-9-24-25(12-18)36-28(32-24)33-26(34)16-4-5-16/h2-3,6-12,14,16,30H,4-5,13H2,1H3,(H,31,35)(H,32,33,34). The topological polar surface area (TPSA) is 86.9 Å². The number of nitrogens with one attached hydrogen (secondary N) is 3. The number of hydrogen-bond donors (Lipinski definition) is 3. The van der Waals surface area contributed by atoms with E-state index >= 15 is 0 Å². The van der Waals surface area contributed by atoms with Crippen LogP contribution in [0, 0.1) is 18.7 Å². The Bertz CT molecular complexity index is 1650. The molecule has 180 valence electrons. The summed E-state index contributed by atoms with van der Waals surface area (Å²) in [7, 11) is 0. The molecule has 0 unspecified atom stereocenters. The number of nitrogens with zero attached hydrogens (tertiary/aromatic N) is 1. The van der Waals surface area contributed by atoms with Crippen molar-refractivity contribution in [3.63, 3.8) is 0 Å². The highest BCUT2D eigenvalue weighted by atomic mass is 32.1. The summed E-state index contributed by atoms with van der Waals surface area (Å²) in [4.78, 5) is 32.7. The van der Waals surface area contributed by atoms with Crippen LogP contribution >= 0.6 is 11.3 Å². The zero-order chi connectivity index (χ0) is 24.8. The van der Waals surface area contributed by atoms with Crippen LogP contribution in [0.5, 0.6) is 0 Å². The molecule has 6 nitrogen and oxygen atoms in total. The summed E-state index contributed by atoms with van der Waals surface area (Å²) in [5.41, 5.74) is 5.41.